The molecular weight excluding hydrogens is 432 g/mol. The quantitative estimate of drug-likeness (QED) is 0.334. The molecule has 1 fully saturated rings. The second kappa shape index (κ2) is 13.5. The molecular formula is C22H32N4O5S. The lowest BCUT2D eigenvalue weighted by Gasteiger charge is -2.19. The summed E-state index contributed by atoms with van der Waals surface area (Å²) in [5.74, 6) is 0.203. The molecule has 1 aromatic heterocycles. The van der Waals surface area contributed by atoms with Gasteiger partial charge in [0.05, 0.1) is 18.1 Å². The zero-order chi connectivity index (χ0) is 24.3. The number of aromatic hydroxyl groups is 1. The normalized spacial score (nSPS) is 15.8. The predicted octanol–water partition coefficient (Wildman–Crippen LogP) is 1.40. The minimum absolute atomic E-state index is 0.0225. The number of fused-ring (bicyclic) bond motifs is 1. The van der Waals surface area contributed by atoms with Gasteiger partial charge in [0.1, 0.15) is 5.75 Å². The Hall–Kier alpha value is -2.85. The lowest BCUT2D eigenvalue weighted by atomic mass is 10.1. The molecule has 32 heavy (non-hydrogen) atoms. The molecule has 0 aliphatic carbocycles. The van der Waals surface area contributed by atoms with Crippen LogP contribution in [0.15, 0.2) is 35.1 Å². The Bertz CT molecular complexity index is 963. The zero-order valence-corrected chi connectivity index (χ0v) is 19.5. The van der Waals surface area contributed by atoms with Crippen molar-refractivity contribution in [2.75, 3.05) is 13.1 Å². The Morgan fingerprint density at radius 3 is 2.50 bits per heavy atom. The van der Waals surface area contributed by atoms with Crippen LogP contribution in [-0.4, -0.2) is 57.6 Å². The number of hydrogen-bond donors (Lipinski definition) is 5. The highest BCUT2D eigenvalue weighted by atomic mass is 32.1. The molecule has 5 N–H and O–H groups in total. The van der Waals surface area contributed by atoms with E-state index in [1.165, 1.54) is 6.07 Å². The molecule has 1 saturated heterocycles. The molecule has 2 heterocycles. The molecule has 10 heteroatoms. The van der Waals surface area contributed by atoms with E-state index in [1.807, 2.05) is 18.7 Å². The number of thiol groups is 1. The smallest absolute Gasteiger partial charge is 0.252 e. The van der Waals surface area contributed by atoms with E-state index in [2.05, 4.69) is 29.9 Å². The number of hydrogen-bond acceptors (Lipinski definition) is 6. The molecule has 2 atom stereocenters. The standard InChI is InChI=1S/C9H7NO2.C7H14N2O.C6H11NO2S/c11-8-5-9(12)10-7-4-2-1-3-6(7)8;1-6-3-2-4-9(6)7(10)5-8;1-4(2)5(6(9)10)7-3-8/h1-5H,(H2,10,11,12);6H,2-5,8H2,1H3;3-5H,1-2H3,(H,7,8)(H,9,10). The zero-order valence-electron chi connectivity index (χ0n) is 18.6. The highest BCUT2D eigenvalue weighted by Crippen LogP contribution is 2.19. The number of carbonyl (C=O) groups is 3. The second-order valence-electron chi connectivity index (χ2n) is 7.69. The minimum Gasteiger partial charge on any atom is -0.507 e. The van der Waals surface area contributed by atoms with Gasteiger partial charge in [-0.2, -0.15) is 0 Å². The van der Waals surface area contributed by atoms with Gasteiger partial charge >= 0.3 is 0 Å². The van der Waals surface area contributed by atoms with Crippen molar-refractivity contribution in [3.05, 3.63) is 40.7 Å². The van der Waals surface area contributed by atoms with Crippen LogP contribution < -0.4 is 16.6 Å². The summed E-state index contributed by atoms with van der Waals surface area (Å²) >= 11 is 3.61. The Kier molecular flexibility index (Phi) is 11.5. The summed E-state index contributed by atoms with van der Waals surface area (Å²) in [4.78, 5) is 46.9. The van der Waals surface area contributed by atoms with Crippen molar-refractivity contribution in [1.82, 2.24) is 15.2 Å². The number of pyridine rings is 1. The number of H-pyrrole nitrogens is 1. The molecule has 0 bridgehead atoms. The molecule has 9 nitrogen and oxygen atoms in total. The van der Waals surface area contributed by atoms with Gasteiger partial charge in [-0.05, 0) is 37.8 Å². The number of aromatic amines is 1. The van der Waals surface area contributed by atoms with E-state index in [0.29, 0.717) is 23.4 Å². The highest BCUT2D eigenvalue weighted by Gasteiger charge is 2.23. The second-order valence-corrected chi connectivity index (χ2v) is 8.13. The average molecular weight is 465 g/mol. The van der Waals surface area contributed by atoms with Crippen molar-refractivity contribution in [3.8, 4) is 5.75 Å². The Labute approximate surface area is 192 Å². The summed E-state index contributed by atoms with van der Waals surface area (Å²) in [5, 5.41) is 12.1. The van der Waals surface area contributed by atoms with E-state index in [4.69, 9.17) is 5.73 Å². The molecule has 0 spiro atoms. The molecule has 2 aromatic rings. The maximum atomic E-state index is 11.0. The Morgan fingerprint density at radius 2 is 2.03 bits per heavy atom. The van der Waals surface area contributed by atoms with E-state index in [1.54, 1.807) is 24.3 Å². The summed E-state index contributed by atoms with van der Waals surface area (Å²) in [6.45, 7) is 6.81. The number of likely N-dealkylation sites (tertiary alicyclic amines) is 1. The van der Waals surface area contributed by atoms with E-state index in [-0.39, 0.29) is 34.8 Å². The molecule has 1 aliphatic heterocycles. The fourth-order valence-electron chi connectivity index (χ4n) is 3.23. The molecule has 0 saturated carbocycles. The number of rotatable bonds is 5. The van der Waals surface area contributed by atoms with Crippen LogP contribution in [0.4, 0.5) is 0 Å². The fraction of sp³-hybridized carbons (Fsp3) is 0.455. The first-order valence-corrected chi connectivity index (χ1v) is 10.8. The van der Waals surface area contributed by atoms with Gasteiger partial charge in [-0.1, -0.05) is 26.0 Å². The van der Waals surface area contributed by atoms with E-state index >= 15 is 0 Å². The van der Waals surface area contributed by atoms with Crippen molar-refractivity contribution < 1.29 is 19.5 Å². The van der Waals surface area contributed by atoms with Crippen LogP contribution in [0.5, 0.6) is 5.75 Å². The van der Waals surface area contributed by atoms with Gasteiger partial charge < -0.3 is 26.0 Å². The van der Waals surface area contributed by atoms with E-state index in [9.17, 15) is 24.3 Å². The number of benzene rings is 1. The minimum atomic E-state index is -0.458. The highest BCUT2D eigenvalue weighted by molar-refractivity contribution is 7.96. The lowest BCUT2D eigenvalue weighted by Crippen LogP contribution is -2.37. The van der Waals surface area contributed by atoms with Gasteiger partial charge in [0.15, 0.2) is 0 Å². The van der Waals surface area contributed by atoms with Crippen LogP contribution in [0, 0.1) is 5.92 Å². The van der Waals surface area contributed by atoms with Crippen molar-refractivity contribution in [2.45, 2.75) is 45.7 Å². The van der Waals surface area contributed by atoms with Gasteiger partial charge in [-0.25, -0.2) is 0 Å². The number of carbonyl (C=O) groups excluding carboxylic acids is 3. The molecule has 2 amide bonds. The number of nitrogens with two attached hydrogens (primary N) is 1. The van der Waals surface area contributed by atoms with Crippen molar-refractivity contribution in [1.29, 1.82) is 0 Å². The van der Waals surface area contributed by atoms with E-state index < -0.39 is 6.04 Å². The first kappa shape index (κ1) is 27.2. The number of amides is 2. The summed E-state index contributed by atoms with van der Waals surface area (Å²) in [6, 6.07) is 8.23. The Morgan fingerprint density at radius 1 is 1.38 bits per heavy atom. The van der Waals surface area contributed by atoms with Crippen LogP contribution in [0.1, 0.15) is 33.6 Å². The van der Waals surface area contributed by atoms with Crippen LogP contribution in [0.25, 0.3) is 10.9 Å². The average Bonchev–Trinajstić information content (AvgIpc) is 3.17. The molecule has 176 valence electrons. The van der Waals surface area contributed by atoms with Crippen LogP contribution in [-0.2, 0) is 14.4 Å². The summed E-state index contributed by atoms with van der Waals surface area (Å²) in [5.41, 5.74) is 5.59. The molecule has 3 rings (SSSR count). The van der Waals surface area contributed by atoms with E-state index in [0.717, 1.165) is 19.4 Å². The van der Waals surface area contributed by atoms with Gasteiger partial charge in [-0.3, -0.25) is 19.2 Å². The third-order valence-electron chi connectivity index (χ3n) is 4.96. The number of para-hydroxylation sites is 1. The third kappa shape index (κ3) is 8.35. The Balaban J connectivity index is 0.000000242. The van der Waals surface area contributed by atoms with Crippen LogP contribution in [0.3, 0.4) is 0 Å². The molecule has 1 aliphatic rings. The van der Waals surface area contributed by atoms with Crippen molar-refractivity contribution >= 4 is 41.0 Å². The monoisotopic (exact) mass is 464 g/mol. The first-order chi connectivity index (χ1) is 15.1. The molecule has 1 aromatic carbocycles. The largest absolute Gasteiger partial charge is 0.507 e. The number of nitrogens with one attached hydrogen (secondary N) is 2. The first-order valence-electron chi connectivity index (χ1n) is 10.3. The lowest BCUT2D eigenvalue weighted by molar-refractivity contribution is -0.130. The van der Waals surface area contributed by atoms with Crippen molar-refractivity contribution in [3.63, 3.8) is 0 Å². The van der Waals surface area contributed by atoms with Gasteiger partial charge in [0.2, 0.25) is 17.4 Å². The van der Waals surface area contributed by atoms with Gasteiger partial charge in [0.25, 0.3) is 5.56 Å². The molecule has 0 radical (unpaired) electrons. The fourth-order valence-corrected chi connectivity index (χ4v) is 3.60. The van der Waals surface area contributed by atoms with Crippen molar-refractivity contribution in [2.24, 2.45) is 11.7 Å². The maximum absolute atomic E-state index is 11.0. The number of nitrogens with zero attached hydrogens (tertiary/aromatic N) is 1. The van der Waals surface area contributed by atoms with Crippen LogP contribution in [0.2, 0.25) is 0 Å². The summed E-state index contributed by atoms with van der Waals surface area (Å²) in [6.07, 6.45) is 2.78. The van der Waals surface area contributed by atoms with Gasteiger partial charge in [-0.15, -0.1) is 12.6 Å². The summed E-state index contributed by atoms with van der Waals surface area (Å²) in [7, 11) is 0. The number of aromatic nitrogens is 1. The molecule has 2 unspecified atom stereocenters. The third-order valence-corrected chi connectivity index (χ3v) is 5.24. The van der Waals surface area contributed by atoms with Crippen LogP contribution >= 0.6 is 12.6 Å². The predicted molar refractivity (Wildman–Crippen MR) is 128 cm³/mol. The maximum Gasteiger partial charge on any atom is 0.252 e. The topological polar surface area (TPSA) is 146 Å². The summed E-state index contributed by atoms with van der Waals surface area (Å²) < 4.78 is 0. The SMILES string of the molecule is CC(C)C(NC=O)C(=O)S.CC1CCCN1C(=O)CN.O=c1cc(O)c2ccccc2[nH]1. The van der Waals surface area contributed by atoms with Gasteiger partial charge in [0, 0.05) is 24.0 Å².